The van der Waals surface area contributed by atoms with Gasteiger partial charge in [0.25, 0.3) is 5.69 Å². The van der Waals surface area contributed by atoms with Crippen LogP contribution in [0, 0.1) is 16.0 Å². The topological polar surface area (TPSA) is 122 Å². The average molecular weight is 400 g/mol. The van der Waals surface area contributed by atoms with Crippen molar-refractivity contribution in [2.75, 3.05) is 11.9 Å². The van der Waals surface area contributed by atoms with E-state index < -0.39 is 20.5 Å². The maximum absolute atomic E-state index is 12.5. The first kappa shape index (κ1) is 21.6. The minimum atomic E-state index is -3.87. The quantitative estimate of drug-likeness (QED) is 0.384. The Morgan fingerprint density at radius 1 is 1.22 bits per heavy atom. The SMILES string of the molecule is CC(C)(C)NS(=O)(=O)c1ccc(N[C@@H]2CCCCC[C@@H]2CO)c([N+](=O)[O-])c1. The van der Waals surface area contributed by atoms with Crippen LogP contribution in [0.5, 0.6) is 0 Å². The van der Waals surface area contributed by atoms with Crippen molar-refractivity contribution >= 4 is 21.4 Å². The van der Waals surface area contributed by atoms with Crippen LogP contribution in [-0.2, 0) is 10.0 Å². The number of hydrogen-bond acceptors (Lipinski definition) is 6. The molecule has 0 aliphatic heterocycles. The van der Waals surface area contributed by atoms with Crippen molar-refractivity contribution in [1.82, 2.24) is 4.72 Å². The highest BCUT2D eigenvalue weighted by molar-refractivity contribution is 7.89. The van der Waals surface area contributed by atoms with Crippen molar-refractivity contribution in [3.05, 3.63) is 28.3 Å². The molecule has 0 bridgehead atoms. The van der Waals surface area contributed by atoms with Crippen LogP contribution in [0.25, 0.3) is 0 Å². The summed E-state index contributed by atoms with van der Waals surface area (Å²) in [6.07, 6.45) is 4.77. The second-order valence-electron chi connectivity index (χ2n) is 8.12. The summed E-state index contributed by atoms with van der Waals surface area (Å²) in [5, 5.41) is 24.4. The average Bonchev–Trinajstić information content (AvgIpc) is 2.77. The predicted octanol–water partition coefficient (Wildman–Crippen LogP) is 3.02. The molecule has 3 N–H and O–H groups in total. The van der Waals surface area contributed by atoms with Crippen molar-refractivity contribution in [3.63, 3.8) is 0 Å². The molecular formula is C18H29N3O5S. The van der Waals surface area contributed by atoms with Crippen molar-refractivity contribution in [3.8, 4) is 0 Å². The van der Waals surface area contributed by atoms with E-state index in [0.717, 1.165) is 38.2 Å². The van der Waals surface area contributed by atoms with E-state index in [2.05, 4.69) is 10.0 Å². The number of benzene rings is 1. The molecule has 1 saturated carbocycles. The number of rotatable bonds is 6. The lowest BCUT2D eigenvalue weighted by Gasteiger charge is -2.25. The fraction of sp³-hybridized carbons (Fsp3) is 0.667. The fourth-order valence-electron chi connectivity index (χ4n) is 3.41. The zero-order valence-corrected chi connectivity index (χ0v) is 16.9. The van der Waals surface area contributed by atoms with Gasteiger partial charge in [-0.1, -0.05) is 19.3 Å². The molecule has 152 valence electrons. The summed E-state index contributed by atoms with van der Waals surface area (Å²) in [5.41, 5.74) is -0.702. The summed E-state index contributed by atoms with van der Waals surface area (Å²) >= 11 is 0. The Hall–Kier alpha value is -1.71. The highest BCUT2D eigenvalue weighted by Gasteiger charge is 2.28. The molecule has 1 aromatic carbocycles. The number of nitro groups is 1. The van der Waals surface area contributed by atoms with E-state index in [1.165, 1.54) is 12.1 Å². The summed E-state index contributed by atoms with van der Waals surface area (Å²) < 4.78 is 27.5. The van der Waals surface area contributed by atoms with E-state index in [1.54, 1.807) is 20.8 Å². The number of aliphatic hydroxyl groups is 1. The highest BCUT2D eigenvalue weighted by Crippen LogP contribution is 2.32. The van der Waals surface area contributed by atoms with Crippen molar-refractivity contribution in [1.29, 1.82) is 0 Å². The molecule has 2 rings (SSSR count). The number of anilines is 1. The Kier molecular flexibility index (Phi) is 6.82. The minimum Gasteiger partial charge on any atom is -0.396 e. The van der Waals surface area contributed by atoms with Crippen molar-refractivity contribution < 1.29 is 18.4 Å². The molecule has 0 amide bonds. The van der Waals surface area contributed by atoms with Crippen LogP contribution < -0.4 is 10.0 Å². The van der Waals surface area contributed by atoms with Gasteiger partial charge in [0.1, 0.15) is 5.69 Å². The van der Waals surface area contributed by atoms with Crippen LogP contribution in [-0.4, -0.2) is 36.6 Å². The number of nitrogens with one attached hydrogen (secondary N) is 2. The number of nitrogens with zero attached hydrogens (tertiary/aromatic N) is 1. The maximum Gasteiger partial charge on any atom is 0.293 e. The van der Waals surface area contributed by atoms with E-state index in [1.807, 2.05) is 0 Å². The molecule has 2 atom stereocenters. The Bertz CT molecular complexity index is 774. The minimum absolute atomic E-state index is 0.0213. The molecule has 27 heavy (non-hydrogen) atoms. The normalized spacial score (nSPS) is 21.5. The largest absolute Gasteiger partial charge is 0.396 e. The molecule has 0 aromatic heterocycles. The van der Waals surface area contributed by atoms with E-state index in [-0.39, 0.29) is 34.8 Å². The van der Waals surface area contributed by atoms with Crippen molar-refractivity contribution in [2.24, 2.45) is 5.92 Å². The summed E-state index contributed by atoms with van der Waals surface area (Å²) in [7, 11) is -3.87. The van der Waals surface area contributed by atoms with E-state index in [0.29, 0.717) is 0 Å². The molecule has 0 heterocycles. The highest BCUT2D eigenvalue weighted by atomic mass is 32.2. The lowest BCUT2D eigenvalue weighted by Crippen LogP contribution is -2.40. The molecule has 9 heteroatoms. The van der Waals surface area contributed by atoms with Gasteiger partial charge in [0.15, 0.2) is 0 Å². The zero-order chi connectivity index (χ0) is 20.2. The van der Waals surface area contributed by atoms with Gasteiger partial charge in [0, 0.05) is 30.2 Å². The Labute approximate surface area is 160 Å². The summed E-state index contributed by atoms with van der Waals surface area (Å²) in [4.78, 5) is 10.8. The molecule has 0 radical (unpaired) electrons. The van der Waals surface area contributed by atoms with Gasteiger partial charge in [0.2, 0.25) is 10.0 Å². The van der Waals surface area contributed by atoms with Crippen LogP contribution in [0.3, 0.4) is 0 Å². The van der Waals surface area contributed by atoms with Crippen LogP contribution >= 0.6 is 0 Å². The van der Waals surface area contributed by atoms with Gasteiger partial charge in [-0.15, -0.1) is 0 Å². The van der Waals surface area contributed by atoms with Gasteiger partial charge in [0.05, 0.1) is 9.82 Å². The van der Waals surface area contributed by atoms with Gasteiger partial charge in [-0.3, -0.25) is 10.1 Å². The Balaban J connectivity index is 2.34. The smallest absolute Gasteiger partial charge is 0.293 e. The van der Waals surface area contributed by atoms with E-state index in [4.69, 9.17) is 0 Å². The summed E-state index contributed by atoms with van der Waals surface area (Å²) in [5.74, 6) is 0.0260. The monoisotopic (exact) mass is 399 g/mol. The molecule has 0 saturated heterocycles. The third-order valence-corrected chi connectivity index (χ3v) is 6.41. The molecule has 8 nitrogen and oxygen atoms in total. The third-order valence-electron chi connectivity index (χ3n) is 4.65. The van der Waals surface area contributed by atoms with Crippen LogP contribution in [0.2, 0.25) is 0 Å². The maximum atomic E-state index is 12.5. The second-order valence-corrected chi connectivity index (χ2v) is 9.81. The first-order valence-corrected chi connectivity index (χ1v) is 10.7. The standard InChI is InChI=1S/C18H29N3O5S/c1-18(2,3)20-27(25,26)14-9-10-16(17(11-14)21(23)24)19-15-8-6-4-5-7-13(15)12-22/h9-11,13,15,19-20,22H,4-8,12H2,1-3H3/t13-,15-/m1/s1. The van der Waals surface area contributed by atoms with Gasteiger partial charge >= 0.3 is 0 Å². The van der Waals surface area contributed by atoms with Crippen LogP contribution in [0.15, 0.2) is 23.1 Å². The van der Waals surface area contributed by atoms with Gasteiger partial charge in [-0.2, -0.15) is 0 Å². The summed E-state index contributed by atoms with van der Waals surface area (Å²) in [6, 6.07) is 3.82. The molecular weight excluding hydrogens is 370 g/mol. The molecule has 1 fully saturated rings. The first-order chi connectivity index (χ1) is 12.5. The number of nitro benzene ring substituents is 1. The van der Waals surface area contributed by atoms with Crippen LogP contribution in [0.4, 0.5) is 11.4 Å². The number of hydrogen-bond donors (Lipinski definition) is 3. The zero-order valence-electron chi connectivity index (χ0n) is 16.1. The van der Waals surface area contributed by atoms with Gasteiger partial charge < -0.3 is 10.4 Å². The van der Waals surface area contributed by atoms with Gasteiger partial charge in [-0.05, 0) is 45.7 Å². The van der Waals surface area contributed by atoms with E-state index >= 15 is 0 Å². The molecule has 0 spiro atoms. The Morgan fingerprint density at radius 3 is 2.48 bits per heavy atom. The van der Waals surface area contributed by atoms with Gasteiger partial charge in [-0.25, -0.2) is 13.1 Å². The lowest BCUT2D eigenvalue weighted by atomic mass is 9.95. The third kappa shape index (κ3) is 5.88. The summed E-state index contributed by atoms with van der Waals surface area (Å²) in [6.45, 7) is 5.13. The lowest BCUT2D eigenvalue weighted by molar-refractivity contribution is -0.384. The molecule has 1 aromatic rings. The predicted molar refractivity (Wildman–Crippen MR) is 104 cm³/mol. The molecule has 1 aliphatic rings. The van der Waals surface area contributed by atoms with Crippen molar-refractivity contribution in [2.45, 2.75) is 69.4 Å². The fourth-order valence-corrected chi connectivity index (χ4v) is 4.84. The van der Waals surface area contributed by atoms with Crippen LogP contribution in [0.1, 0.15) is 52.9 Å². The van der Waals surface area contributed by atoms with E-state index in [9.17, 15) is 23.6 Å². The molecule has 0 unspecified atom stereocenters. The number of sulfonamides is 1. The first-order valence-electron chi connectivity index (χ1n) is 9.23. The Morgan fingerprint density at radius 2 is 1.89 bits per heavy atom. The number of aliphatic hydroxyl groups excluding tert-OH is 1. The second kappa shape index (κ2) is 8.53. The molecule has 1 aliphatic carbocycles.